The van der Waals surface area contributed by atoms with Crippen molar-refractivity contribution in [3.05, 3.63) is 52.0 Å². The molecule has 158 valence electrons. The van der Waals surface area contributed by atoms with Crippen LogP contribution in [-0.4, -0.2) is 41.3 Å². The summed E-state index contributed by atoms with van der Waals surface area (Å²) in [6.07, 6.45) is 1.01. The van der Waals surface area contributed by atoms with Crippen LogP contribution in [0.1, 0.15) is 18.5 Å². The van der Waals surface area contributed by atoms with Crippen LogP contribution in [0.15, 0.2) is 36.4 Å². The Morgan fingerprint density at radius 3 is 2.34 bits per heavy atom. The SMILES string of the molecule is COc1ccc(OC)c([C@H](C)NC(=O)CN(c2ccc(Cl)c(Cl)c2)S(C)(=O)=O)c1. The molecule has 0 aliphatic heterocycles. The fraction of sp³-hybridized carbons (Fsp3) is 0.316. The summed E-state index contributed by atoms with van der Waals surface area (Å²) in [6.45, 7) is 1.34. The molecular weight excluding hydrogens is 439 g/mol. The van der Waals surface area contributed by atoms with Gasteiger partial charge in [-0.1, -0.05) is 23.2 Å². The molecule has 2 aromatic rings. The highest BCUT2D eigenvalue weighted by molar-refractivity contribution is 7.92. The number of ether oxygens (including phenoxy) is 2. The molecule has 7 nitrogen and oxygen atoms in total. The zero-order valence-electron chi connectivity index (χ0n) is 16.4. The molecule has 0 aromatic heterocycles. The Labute approximate surface area is 180 Å². The molecule has 0 saturated heterocycles. The number of hydrogen-bond donors (Lipinski definition) is 1. The minimum absolute atomic E-state index is 0.188. The molecule has 1 amide bonds. The Balaban J connectivity index is 2.23. The van der Waals surface area contributed by atoms with Gasteiger partial charge >= 0.3 is 0 Å². The number of benzene rings is 2. The van der Waals surface area contributed by atoms with Crippen LogP contribution in [0.25, 0.3) is 0 Å². The van der Waals surface area contributed by atoms with E-state index in [1.54, 1.807) is 25.1 Å². The molecular formula is C19H22Cl2N2O5S. The maximum atomic E-state index is 12.6. The summed E-state index contributed by atoms with van der Waals surface area (Å²) in [5, 5.41) is 3.25. The fourth-order valence-corrected chi connectivity index (χ4v) is 3.85. The minimum Gasteiger partial charge on any atom is -0.497 e. The Kier molecular flexibility index (Phi) is 7.62. The van der Waals surface area contributed by atoms with Gasteiger partial charge in [0.2, 0.25) is 15.9 Å². The van der Waals surface area contributed by atoms with E-state index >= 15 is 0 Å². The van der Waals surface area contributed by atoms with Crippen LogP contribution in [0.5, 0.6) is 11.5 Å². The number of anilines is 1. The van der Waals surface area contributed by atoms with E-state index in [9.17, 15) is 13.2 Å². The van der Waals surface area contributed by atoms with Crippen molar-refractivity contribution in [2.75, 3.05) is 31.3 Å². The lowest BCUT2D eigenvalue weighted by Gasteiger charge is -2.24. The van der Waals surface area contributed by atoms with Gasteiger partial charge in [-0.05, 0) is 43.3 Å². The van der Waals surface area contributed by atoms with Crippen molar-refractivity contribution in [1.29, 1.82) is 0 Å². The Morgan fingerprint density at radius 1 is 1.10 bits per heavy atom. The lowest BCUT2D eigenvalue weighted by atomic mass is 10.1. The Morgan fingerprint density at radius 2 is 1.79 bits per heavy atom. The summed E-state index contributed by atoms with van der Waals surface area (Å²) in [5.41, 5.74) is 0.935. The van der Waals surface area contributed by atoms with E-state index in [0.717, 1.165) is 10.6 Å². The van der Waals surface area contributed by atoms with E-state index in [1.807, 2.05) is 0 Å². The first-order valence-electron chi connectivity index (χ1n) is 8.51. The molecule has 0 saturated carbocycles. The smallest absolute Gasteiger partial charge is 0.241 e. The van der Waals surface area contributed by atoms with Crippen molar-refractivity contribution in [2.24, 2.45) is 0 Å². The first-order valence-corrected chi connectivity index (χ1v) is 11.1. The first kappa shape index (κ1) is 23.1. The molecule has 1 N–H and O–H groups in total. The van der Waals surface area contributed by atoms with Crippen LogP contribution < -0.4 is 19.1 Å². The van der Waals surface area contributed by atoms with E-state index in [4.69, 9.17) is 32.7 Å². The number of hydrogen-bond acceptors (Lipinski definition) is 5. The predicted molar refractivity (Wildman–Crippen MR) is 115 cm³/mol. The van der Waals surface area contributed by atoms with E-state index < -0.39 is 28.5 Å². The summed E-state index contributed by atoms with van der Waals surface area (Å²) in [6, 6.07) is 9.12. The molecule has 0 unspecified atom stereocenters. The number of rotatable bonds is 8. The maximum Gasteiger partial charge on any atom is 0.241 e. The summed E-state index contributed by atoms with van der Waals surface area (Å²) in [4.78, 5) is 12.6. The number of carbonyl (C=O) groups is 1. The quantitative estimate of drug-likeness (QED) is 0.649. The van der Waals surface area contributed by atoms with Gasteiger partial charge in [-0.3, -0.25) is 9.10 Å². The highest BCUT2D eigenvalue weighted by Crippen LogP contribution is 2.30. The van der Waals surface area contributed by atoms with Crippen molar-refractivity contribution in [2.45, 2.75) is 13.0 Å². The topological polar surface area (TPSA) is 84.9 Å². The molecule has 0 radical (unpaired) electrons. The molecule has 0 fully saturated rings. The number of nitrogens with zero attached hydrogens (tertiary/aromatic N) is 1. The van der Waals surface area contributed by atoms with Gasteiger partial charge in [0.25, 0.3) is 0 Å². The maximum absolute atomic E-state index is 12.6. The summed E-state index contributed by atoms with van der Waals surface area (Å²) in [7, 11) is -0.679. The van der Waals surface area contributed by atoms with E-state index in [-0.39, 0.29) is 15.7 Å². The van der Waals surface area contributed by atoms with Crippen LogP contribution in [0.4, 0.5) is 5.69 Å². The van der Waals surface area contributed by atoms with Crippen LogP contribution in [-0.2, 0) is 14.8 Å². The van der Waals surface area contributed by atoms with Crippen molar-refractivity contribution >= 4 is 44.8 Å². The summed E-state index contributed by atoms with van der Waals surface area (Å²) in [5.74, 6) is 0.678. The minimum atomic E-state index is -3.74. The fourth-order valence-electron chi connectivity index (χ4n) is 2.71. The third kappa shape index (κ3) is 5.91. The number of sulfonamides is 1. The van der Waals surface area contributed by atoms with Gasteiger partial charge in [0.05, 0.1) is 42.2 Å². The van der Waals surface area contributed by atoms with Crippen LogP contribution in [0, 0.1) is 0 Å². The van der Waals surface area contributed by atoms with Crippen LogP contribution >= 0.6 is 23.2 Å². The zero-order valence-corrected chi connectivity index (χ0v) is 18.7. The number of methoxy groups -OCH3 is 2. The number of nitrogens with one attached hydrogen (secondary N) is 1. The van der Waals surface area contributed by atoms with Gasteiger partial charge in [-0.25, -0.2) is 8.42 Å². The van der Waals surface area contributed by atoms with Gasteiger partial charge < -0.3 is 14.8 Å². The number of amides is 1. The normalized spacial score (nSPS) is 12.2. The average Bonchev–Trinajstić information content (AvgIpc) is 2.66. The number of halogens is 2. The van der Waals surface area contributed by atoms with Gasteiger partial charge in [-0.15, -0.1) is 0 Å². The Hall–Kier alpha value is -2.16. The van der Waals surface area contributed by atoms with E-state index in [1.165, 1.54) is 32.4 Å². The van der Waals surface area contributed by atoms with Gasteiger partial charge in [-0.2, -0.15) is 0 Å². The monoisotopic (exact) mass is 460 g/mol. The zero-order chi connectivity index (χ0) is 21.8. The molecule has 10 heteroatoms. The molecule has 0 heterocycles. The second-order valence-corrected chi connectivity index (χ2v) is 8.99. The molecule has 29 heavy (non-hydrogen) atoms. The van der Waals surface area contributed by atoms with Crippen molar-refractivity contribution in [1.82, 2.24) is 5.32 Å². The molecule has 0 bridgehead atoms. The highest BCUT2D eigenvalue weighted by atomic mass is 35.5. The Bertz CT molecular complexity index is 998. The molecule has 2 aromatic carbocycles. The predicted octanol–water partition coefficient (Wildman–Crippen LogP) is 3.65. The van der Waals surface area contributed by atoms with Crippen molar-refractivity contribution < 1.29 is 22.7 Å². The largest absolute Gasteiger partial charge is 0.497 e. The molecule has 0 aliphatic rings. The van der Waals surface area contributed by atoms with Crippen LogP contribution in [0.3, 0.4) is 0 Å². The van der Waals surface area contributed by atoms with Crippen molar-refractivity contribution in [3.63, 3.8) is 0 Å². The first-order chi connectivity index (χ1) is 13.6. The third-order valence-electron chi connectivity index (χ3n) is 4.16. The molecule has 2 rings (SSSR count). The molecule has 0 spiro atoms. The highest BCUT2D eigenvalue weighted by Gasteiger charge is 2.23. The standard InChI is InChI=1S/C19H22Cl2N2O5S/c1-12(15-10-14(27-2)6-8-18(15)28-3)22-19(24)11-23(29(4,25)26)13-5-7-16(20)17(21)9-13/h5-10,12H,11H2,1-4H3,(H,22,24)/t12-/m0/s1. The van der Waals surface area contributed by atoms with Gasteiger partial charge in [0.15, 0.2) is 0 Å². The molecule has 1 atom stereocenters. The summed E-state index contributed by atoms with van der Waals surface area (Å²) < 4.78 is 36.0. The lowest BCUT2D eigenvalue weighted by molar-refractivity contribution is -0.120. The second-order valence-electron chi connectivity index (χ2n) is 6.27. The van der Waals surface area contributed by atoms with Gasteiger partial charge in [0.1, 0.15) is 18.0 Å². The second kappa shape index (κ2) is 9.56. The van der Waals surface area contributed by atoms with E-state index in [2.05, 4.69) is 5.32 Å². The summed E-state index contributed by atoms with van der Waals surface area (Å²) >= 11 is 11.9. The molecule has 0 aliphatic carbocycles. The van der Waals surface area contributed by atoms with E-state index in [0.29, 0.717) is 17.1 Å². The average molecular weight is 461 g/mol. The lowest BCUT2D eigenvalue weighted by Crippen LogP contribution is -2.41. The third-order valence-corrected chi connectivity index (χ3v) is 6.04. The number of carbonyl (C=O) groups excluding carboxylic acids is 1. The van der Waals surface area contributed by atoms with Gasteiger partial charge in [0, 0.05) is 5.56 Å². The van der Waals surface area contributed by atoms with Crippen molar-refractivity contribution in [3.8, 4) is 11.5 Å². The van der Waals surface area contributed by atoms with Crippen LogP contribution in [0.2, 0.25) is 10.0 Å².